The summed E-state index contributed by atoms with van der Waals surface area (Å²) >= 11 is 0. The van der Waals surface area contributed by atoms with Gasteiger partial charge in [0.2, 0.25) is 0 Å². The molecule has 0 saturated heterocycles. The number of hydrogen-bond donors (Lipinski definition) is 1. The fraction of sp³-hybridized carbons (Fsp3) is 0.300. The van der Waals surface area contributed by atoms with Crippen LogP contribution in [0.4, 0.5) is 0 Å². The molecule has 0 aliphatic heterocycles. The van der Waals surface area contributed by atoms with E-state index < -0.39 is 5.97 Å². The van der Waals surface area contributed by atoms with Crippen molar-refractivity contribution in [2.45, 2.75) is 13.8 Å². The molecule has 0 aliphatic carbocycles. The molecule has 3 nitrogen and oxygen atoms in total. The number of ether oxygens (including phenoxy) is 1. The summed E-state index contributed by atoms with van der Waals surface area (Å²) < 4.78 is 5.21. The Labute approximate surface area is 128 Å². The smallest absolute Gasteiger partial charge is 1.00 e. The first kappa shape index (κ1) is 16.6. The first-order chi connectivity index (χ1) is 6.16. The summed E-state index contributed by atoms with van der Waals surface area (Å²) in [4.78, 5) is 9.00. The number of carboxylic acid groups (broad SMARTS) is 1. The second-order valence-corrected chi connectivity index (χ2v) is 2.27. The summed E-state index contributed by atoms with van der Waals surface area (Å²) in [7, 11) is 0. The van der Waals surface area contributed by atoms with Gasteiger partial charge >= 0.3 is 51.4 Å². The van der Waals surface area contributed by atoms with Gasteiger partial charge in [0.05, 0.1) is 6.61 Å². The minimum Gasteiger partial charge on any atom is -1.00 e. The largest absolute Gasteiger partial charge is 1.00 e. The van der Waals surface area contributed by atoms with Gasteiger partial charge in [-0.2, -0.15) is 0 Å². The molecule has 0 amide bonds. The van der Waals surface area contributed by atoms with Crippen molar-refractivity contribution in [1.82, 2.24) is 0 Å². The Bertz CT molecular complexity index is 238. The van der Waals surface area contributed by atoms with Crippen molar-refractivity contribution < 1.29 is 67.4 Å². The molecule has 0 heterocycles. The van der Waals surface area contributed by atoms with E-state index >= 15 is 0 Å². The summed E-state index contributed by atoms with van der Waals surface area (Å²) in [6.07, 6.45) is 0. The van der Waals surface area contributed by atoms with Gasteiger partial charge in [0.15, 0.2) is 0 Å². The predicted molar refractivity (Wildman–Crippen MR) is 52.0 cm³/mol. The van der Waals surface area contributed by atoms with Crippen LogP contribution in [0, 0.1) is 0 Å². The van der Waals surface area contributed by atoms with E-state index in [2.05, 4.69) is 0 Å². The third-order valence-corrected chi connectivity index (χ3v) is 1.05. The number of hydrogen-bond acceptors (Lipinski definition) is 2. The quantitative estimate of drug-likeness (QED) is 0.673. The molecule has 0 aromatic heterocycles. The van der Waals surface area contributed by atoms with Gasteiger partial charge in [-0.05, 0) is 19.1 Å². The predicted octanol–water partition coefficient (Wildman–Crippen LogP) is -0.707. The van der Waals surface area contributed by atoms with Crippen molar-refractivity contribution in [2.24, 2.45) is 0 Å². The standard InChI is InChI=1S/C8H10O.C2H4O2.K.H/c1-2-9-8-6-4-3-5-7-8;1-2(3)4;;/h3-7H,2H2,1H3;1H3,(H,3,4);;/q;;+1;-1. The fourth-order valence-corrected chi connectivity index (χ4v) is 0.683. The molecule has 0 fully saturated rings. The Morgan fingerprint density at radius 3 is 2.21 bits per heavy atom. The molecule has 0 aliphatic rings. The number of carbonyl (C=O) groups is 1. The van der Waals surface area contributed by atoms with E-state index in [4.69, 9.17) is 14.6 Å². The van der Waals surface area contributed by atoms with Crippen molar-refractivity contribution in [3.8, 4) is 5.75 Å². The molecule has 1 rings (SSSR count). The Morgan fingerprint density at radius 2 is 1.86 bits per heavy atom. The molecule has 0 bridgehead atoms. The monoisotopic (exact) mass is 222 g/mol. The van der Waals surface area contributed by atoms with E-state index in [9.17, 15) is 0 Å². The van der Waals surface area contributed by atoms with Gasteiger partial charge in [-0.15, -0.1) is 0 Å². The number of carboxylic acids is 1. The molecule has 4 heteroatoms. The zero-order valence-electron chi connectivity index (χ0n) is 9.86. The minimum absolute atomic E-state index is 0. The van der Waals surface area contributed by atoms with Crippen LogP contribution in [0.2, 0.25) is 0 Å². The molecule has 0 atom stereocenters. The van der Waals surface area contributed by atoms with Crippen LogP contribution >= 0.6 is 0 Å². The second-order valence-electron chi connectivity index (χ2n) is 2.27. The molecule has 14 heavy (non-hydrogen) atoms. The summed E-state index contributed by atoms with van der Waals surface area (Å²) in [5, 5.41) is 7.42. The average Bonchev–Trinajstić information content (AvgIpc) is 2.06. The third-order valence-electron chi connectivity index (χ3n) is 1.05. The Balaban J connectivity index is -0.000000213. The third kappa shape index (κ3) is 12.1. The Morgan fingerprint density at radius 1 is 1.43 bits per heavy atom. The second kappa shape index (κ2) is 11.2. The number of aliphatic carboxylic acids is 1. The van der Waals surface area contributed by atoms with Crippen LogP contribution in [0.15, 0.2) is 30.3 Å². The maximum absolute atomic E-state index is 9.00. The molecular weight excluding hydrogens is 207 g/mol. The van der Waals surface area contributed by atoms with E-state index in [-0.39, 0.29) is 52.8 Å². The van der Waals surface area contributed by atoms with Gasteiger partial charge in [0.25, 0.3) is 5.97 Å². The van der Waals surface area contributed by atoms with Crippen LogP contribution in [0.25, 0.3) is 0 Å². The van der Waals surface area contributed by atoms with Crippen molar-refractivity contribution in [3.05, 3.63) is 30.3 Å². The summed E-state index contributed by atoms with van der Waals surface area (Å²) in [5.41, 5.74) is 0. The van der Waals surface area contributed by atoms with E-state index in [0.717, 1.165) is 19.3 Å². The molecule has 0 saturated carbocycles. The van der Waals surface area contributed by atoms with Crippen LogP contribution in [0.3, 0.4) is 0 Å². The fourth-order valence-electron chi connectivity index (χ4n) is 0.683. The normalized spacial score (nSPS) is 7.57. The van der Waals surface area contributed by atoms with Crippen molar-refractivity contribution in [1.29, 1.82) is 0 Å². The minimum atomic E-state index is -0.833. The molecule has 1 aromatic carbocycles. The van der Waals surface area contributed by atoms with Crippen LogP contribution in [0.5, 0.6) is 5.75 Å². The van der Waals surface area contributed by atoms with Gasteiger partial charge in [-0.1, -0.05) is 18.2 Å². The maximum Gasteiger partial charge on any atom is 1.00 e. The summed E-state index contributed by atoms with van der Waals surface area (Å²) in [5.74, 6) is 0.111. The number of rotatable bonds is 2. The van der Waals surface area contributed by atoms with E-state index in [1.54, 1.807) is 0 Å². The van der Waals surface area contributed by atoms with Crippen LogP contribution in [-0.2, 0) is 4.79 Å². The van der Waals surface area contributed by atoms with Crippen molar-refractivity contribution >= 4 is 5.97 Å². The maximum atomic E-state index is 9.00. The van der Waals surface area contributed by atoms with Crippen molar-refractivity contribution in [2.75, 3.05) is 6.61 Å². The molecule has 0 radical (unpaired) electrons. The SMILES string of the molecule is CC(=O)O.CCOc1ccccc1.[H-].[K+]. The number of benzene rings is 1. The molecule has 1 N–H and O–H groups in total. The average molecular weight is 222 g/mol. The van der Waals surface area contributed by atoms with Gasteiger partial charge in [0.1, 0.15) is 5.75 Å². The molecular formula is C10H15KO3. The van der Waals surface area contributed by atoms with Crippen LogP contribution in [0.1, 0.15) is 15.3 Å². The number of para-hydroxylation sites is 1. The molecule has 74 valence electrons. The van der Waals surface area contributed by atoms with Gasteiger partial charge in [0, 0.05) is 6.92 Å². The Kier molecular flexibility index (Phi) is 13.2. The van der Waals surface area contributed by atoms with Gasteiger partial charge < -0.3 is 11.3 Å². The molecule has 0 spiro atoms. The van der Waals surface area contributed by atoms with E-state index in [1.165, 1.54) is 0 Å². The summed E-state index contributed by atoms with van der Waals surface area (Å²) in [6.45, 7) is 3.80. The topological polar surface area (TPSA) is 46.5 Å². The zero-order chi connectivity index (χ0) is 10.1. The summed E-state index contributed by atoms with van der Waals surface area (Å²) in [6, 6.07) is 9.80. The van der Waals surface area contributed by atoms with E-state index in [1.807, 2.05) is 37.3 Å². The van der Waals surface area contributed by atoms with E-state index in [0.29, 0.717) is 0 Å². The first-order valence-electron chi connectivity index (χ1n) is 4.04. The molecule has 1 aromatic rings. The first-order valence-corrected chi connectivity index (χ1v) is 4.04. The van der Waals surface area contributed by atoms with Crippen LogP contribution in [-0.4, -0.2) is 17.7 Å². The zero-order valence-corrected chi connectivity index (χ0v) is 12.0. The van der Waals surface area contributed by atoms with Gasteiger partial charge in [-0.3, -0.25) is 4.79 Å². The van der Waals surface area contributed by atoms with Crippen molar-refractivity contribution in [3.63, 3.8) is 0 Å². The van der Waals surface area contributed by atoms with Crippen LogP contribution < -0.4 is 56.1 Å². The molecule has 0 unspecified atom stereocenters. The van der Waals surface area contributed by atoms with Gasteiger partial charge in [-0.25, -0.2) is 0 Å². The Hall–Kier alpha value is 0.126.